The number of thioether (sulfide) groups is 1. The number of hydrogen-bond donors (Lipinski definition) is 3. The third-order valence-electron chi connectivity index (χ3n) is 2.86. The molecule has 0 bridgehead atoms. The molecule has 106 valence electrons. The average Bonchev–Trinajstić information content (AvgIpc) is 2.46. The van der Waals surface area contributed by atoms with E-state index in [0.717, 1.165) is 4.90 Å². The van der Waals surface area contributed by atoms with Crippen molar-refractivity contribution in [3.63, 3.8) is 0 Å². The van der Waals surface area contributed by atoms with E-state index in [-0.39, 0.29) is 23.1 Å². The first kappa shape index (κ1) is 13.4. The fourth-order valence-electron chi connectivity index (χ4n) is 1.92. The molecule has 3 N–H and O–H groups in total. The predicted octanol–water partition coefficient (Wildman–Crippen LogP) is 2.08. The van der Waals surface area contributed by atoms with Crippen LogP contribution < -0.4 is 10.6 Å². The van der Waals surface area contributed by atoms with Crippen molar-refractivity contribution in [1.29, 1.82) is 0 Å². The summed E-state index contributed by atoms with van der Waals surface area (Å²) < 4.78 is 0. The minimum absolute atomic E-state index is 0.0619. The number of nitrogens with one attached hydrogen (secondary N) is 2. The first-order chi connectivity index (χ1) is 10.1. The third kappa shape index (κ3) is 2.97. The smallest absolute Gasteiger partial charge is 0.257 e. The van der Waals surface area contributed by atoms with E-state index in [1.807, 2.05) is 6.07 Å². The first-order valence-electron chi connectivity index (χ1n) is 6.14. The highest BCUT2D eigenvalue weighted by Gasteiger charge is 2.16. The summed E-state index contributed by atoms with van der Waals surface area (Å²) in [4.78, 5) is 28.1. The second kappa shape index (κ2) is 5.45. The van der Waals surface area contributed by atoms with Crippen LogP contribution >= 0.6 is 11.8 Å². The second-order valence-corrected chi connectivity index (χ2v) is 5.45. The Morgan fingerprint density at radius 3 is 3.00 bits per heavy atom. The highest BCUT2D eigenvalue weighted by Crippen LogP contribution is 2.33. The number of nitrogens with zero attached hydrogens (tertiary/aromatic N) is 1. The summed E-state index contributed by atoms with van der Waals surface area (Å²) in [7, 11) is 0. The molecule has 0 unspecified atom stereocenters. The molecule has 0 saturated heterocycles. The summed E-state index contributed by atoms with van der Waals surface area (Å²) in [5.74, 6) is -0.119. The van der Waals surface area contributed by atoms with Crippen LogP contribution in [-0.4, -0.2) is 27.7 Å². The Balaban J connectivity index is 1.80. The number of amides is 2. The van der Waals surface area contributed by atoms with E-state index < -0.39 is 0 Å². The van der Waals surface area contributed by atoms with Gasteiger partial charge in [0.1, 0.15) is 5.75 Å². The highest BCUT2D eigenvalue weighted by molar-refractivity contribution is 8.00. The van der Waals surface area contributed by atoms with Crippen LogP contribution in [0.2, 0.25) is 0 Å². The normalized spacial score (nSPS) is 13.2. The third-order valence-corrected chi connectivity index (χ3v) is 3.93. The number of benzene rings is 1. The molecule has 1 aromatic carbocycles. The standard InChI is InChI=1S/C14H11N3O3S/c18-10-3-8(5-15-6-10)14(20)16-9-1-2-12-11(4-9)17-13(19)7-21-12/h1-6,18H,7H2,(H,16,20)(H,17,19). The monoisotopic (exact) mass is 301 g/mol. The fraction of sp³-hybridized carbons (Fsp3) is 0.0714. The van der Waals surface area contributed by atoms with E-state index in [9.17, 15) is 14.7 Å². The molecular formula is C14H11N3O3S. The van der Waals surface area contributed by atoms with Gasteiger partial charge in [-0.25, -0.2) is 0 Å². The number of rotatable bonds is 2. The van der Waals surface area contributed by atoms with E-state index in [1.165, 1.54) is 30.2 Å². The Morgan fingerprint density at radius 2 is 2.19 bits per heavy atom. The van der Waals surface area contributed by atoms with Gasteiger partial charge in [0.25, 0.3) is 5.91 Å². The molecule has 2 amide bonds. The van der Waals surface area contributed by atoms with Gasteiger partial charge in [-0.2, -0.15) is 0 Å². The van der Waals surface area contributed by atoms with E-state index in [4.69, 9.17) is 0 Å². The zero-order valence-corrected chi connectivity index (χ0v) is 11.6. The maximum Gasteiger partial charge on any atom is 0.257 e. The van der Waals surface area contributed by atoms with E-state index in [0.29, 0.717) is 17.1 Å². The van der Waals surface area contributed by atoms with Gasteiger partial charge in [-0.15, -0.1) is 11.8 Å². The van der Waals surface area contributed by atoms with Crippen LogP contribution in [0, 0.1) is 0 Å². The van der Waals surface area contributed by atoms with Crippen LogP contribution in [0.25, 0.3) is 0 Å². The van der Waals surface area contributed by atoms with Gasteiger partial charge in [0.2, 0.25) is 5.91 Å². The zero-order valence-electron chi connectivity index (χ0n) is 10.8. The van der Waals surface area contributed by atoms with Gasteiger partial charge in [0, 0.05) is 16.8 Å². The number of pyridine rings is 1. The van der Waals surface area contributed by atoms with Crippen LogP contribution in [0.5, 0.6) is 5.75 Å². The van der Waals surface area contributed by atoms with Crippen molar-refractivity contribution in [2.75, 3.05) is 16.4 Å². The Morgan fingerprint density at radius 1 is 1.33 bits per heavy atom. The molecule has 1 aromatic heterocycles. The van der Waals surface area contributed by atoms with Crippen molar-refractivity contribution in [2.24, 2.45) is 0 Å². The lowest BCUT2D eigenvalue weighted by Crippen LogP contribution is -2.19. The SMILES string of the molecule is O=C1CSc2ccc(NC(=O)c3cncc(O)c3)cc2N1. The Labute approximate surface area is 124 Å². The zero-order chi connectivity index (χ0) is 14.8. The van der Waals surface area contributed by atoms with E-state index in [1.54, 1.807) is 12.1 Å². The molecule has 0 spiro atoms. The Kier molecular flexibility index (Phi) is 3.49. The van der Waals surface area contributed by atoms with Gasteiger partial charge in [-0.05, 0) is 24.3 Å². The lowest BCUT2D eigenvalue weighted by atomic mass is 10.2. The van der Waals surface area contributed by atoms with Crippen molar-refractivity contribution < 1.29 is 14.7 Å². The van der Waals surface area contributed by atoms with Crippen molar-refractivity contribution >= 4 is 35.0 Å². The van der Waals surface area contributed by atoms with Crippen molar-refractivity contribution in [3.05, 3.63) is 42.2 Å². The van der Waals surface area contributed by atoms with Crippen molar-refractivity contribution in [2.45, 2.75) is 4.90 Å². The van der Waals surface area contributed by atoms with Crippen LogP contribution in [0.15, 0.2) is 41.6 Å². The minimum Gasteiger partial charge on any atom is -0.506 e. The molecule has 21 heavy (non-hydrogen) atoms. The Bertz CT molecular complexity index is 733. The number of aromatic hydroxyl groups is 1. The molecule has 1 aliphatic heterocycles. The fourth-order valence-corrected chi connectivity index (χ4v) is 2.70. The molecule has 0 fully saturated rings. The minimum atomic E-state index is -0.381. The molecule has 0 saturated carbocycles. The largest absolute Gasteiger partial charge is 0.506 e. The van der Waals surface area contributed by atoms with Gasteiger partial charge in [-0.3, -0.25) is 14.6 Å². The molecule has 0 radical (unpaired) electrons. The topological polar surface area (TPSA) is 91.3 Å². The molecule has 2 aromatic rings. The quantitative estimate of drug-likeness (QED) is 0.790. The average molecular weight is 301 g/mol. The number of anilines is 2. The summed E-state index contributed by atoms with van der Waals surface area (Å²) >= 11 is 1.45. The highest BCUT2D eigenvalue weighted by atomic mass is 32.2. The summed E-state index contributed by atoms with van der Waals surface area (Å²) in [5, 5.41) is 14.8. The van der Waals surface area contributed by atoms with Gasteiger partial charge in [0.05, 0.1) is 23.2 Å². The molecule has 0 atom stereocenters. The van der Waals surface area contributed by atoms with Gasteiger partial charge >= 0.3 is 0 Å². The van der Waals surface area contributed by atoms with Crippen LogP contribution in [0.3, 0.4) is 0 Å². The molecule has 0 aliphatic carbocycles. The van der Waals surface area contributed by atoms with E-state index >= 15 is 0 Å². The Hall–Kier alpha value is -2.54. The maximum atomic E-state index is 12.0. The molecule has 6 nitrogen and oxygen atoms in total. The summed E-state index contributed by atoms with van der Waals surface area (Å²) in [5.41, 5.74) is 1.50. The van der Waals surface area contributed by atoms with Crippen LogP contribution in [0.4, 0.5) is 11.4 Å². The molecule has 1 aliphatic rings. The number of fused-ring (bicyclic) bond motifs is 1. The van der Waals surface area contributed by atoms with Crippen LogP contribution in [-0.2, 0) is 4.79 Å². The molecule has 7 heteroatoms. The van der Waals surface area contributed by atoms with Crippen molar-refractivity contribution in [3.8, 4) is 5.75 Å². The lowest BCUT2D eigenvalue weighted by molar-refractivity contribution is -0.113. The van der Waals surface area contributed by atoms with Gasteiger partial charge < -0.3 is 15.7 Å². The van der Waals surface area contributed by atoms with E-state index in [2.05, 4.69) is 15.6 Å². The molecule has 3 rings (SSSR count). The second-order valence-electron chi connectivity index (χ2n) is 4.43. The molecular weight excluding hydrogens is 290 g/mol. The lowest BCUT2D eigenvalue weighted by Gasteiger charge is -2.17. The van der Waals surface area contributed by atoms with Gasteiger partial charge in [-0.1, -0.05) is 0 Å². The number of carbonyl (C=O) groups is 2. The molecule has 2 heterocycles. The summed E-state index contributed by atoms with van der Waals surface area (Å²) in [6, 6.07) is 6.64. The predicted molar refractivity (Wildman–Crippen MR) is 79.7 cm³/mol. The number of hydrogen-bond acceptors (Lipinski definition) is 5. The number of aromatic nitrogens is 1. The van der Waals surface area contributed by atoms with Gasteiger partial charge in [0.15, 0.2) is 0 Å². The summed E-state index contributed by atoms with van der Waals surface area (Å²) in [6.07, 6.45) is 2.62. The summed E-state index contributed by atoms with van der Waals surface area (Å²) in [6.45, 7) is 0. The van der Waals surface area contributed by atoms with Crippen molar-refractivity contribution in [1.82, 2.24) is 4.98 Å². The van der Waals surface area contributed by atoms with Crippen LogP contribution in [0.1, 0.15) is 10.4 Å². The maximum absolute atomic E-state index is 12.0. The first-order valence-corrected chi connectivity index (χ1v) is 7.12. The number of carbonyl (C=O) groups excluding carboxylic acids is 2.